The summed E-state index contributed by atoms with van der Waals surface area (Å²) < 4.78 is 38.4. The Morgan fingerprint density at radius 3 is 2.43 bits per heavy atom. The number of benzene rings is 2. The Balaban J connectivity index is 2.14. The van der Waals surface area contributed by atoms with Crippen LogP contribution in [0.4, 0.5) is 30.2 Å². The third-order valence-electron chi connectivity index (χ3n) is 4.52. The smallest absolute Gasteiger partial charge is 0.372 e. The molecule has 0 aromatic heterocycles. The van der Waals surface area contributed by atoms with Crippen LogP contribution in [0, 0.1) is 18.3 Å². The lowest BCUT2D eigenvalue weighted by atomic mass is 10.1. The minimum atomic E-state index is -4.52. The molecule has 0 spiro atoms. The fourth-order valence-electron chi connectivity index (χ4n) is 2.87. The van der Waals surface area contributed by atoms with Gasteiger partial charge in [-0.2, -0.15) is 18.4 Å². The van der Waals surface area contributed by atoms with E-state index in [0.717, 1.165) is 36.5 Å². The van der Waals surface area contributed by atoms with Crippen molar-refractivity contribution in [1.29, 1.82) is 5.26 Å². The zero-order valence-corrected chi connectivity index (χ0v) is 17.0. The Kier molecular flexibility index (Phi) is 7.48. The summed E-state index contributed by atoms with van der Waals surface area (Å²) in [6, 6.07) is 11.8. The van der Waals surface area contributed by atoms with E-state index in [0.29, 0.717) is 5.69 Å². The molecule has 0 aliphatic rings. The zero-order valence-electron chi connectivity index (χ0n) is 17.0. The molecule has 2 rings (SSSR count). The Hall–Kier alpha value is -3.47. The number of halogens is 3. The quantitative estimate of drug-likeness (QED) is 0.474. The molecule has 0 bridgehead atoms. The van der Waals surface area contributed by atoms with Crippen LogP contribution in [0.3, 0.4) is 0 Å². The van der Waals surface area contributed by atoms with Crippen LogP contribution in [-0.4, -0.2) is 19.0 Å². The highest BCUT2D eigenvalue weighted by atomic mass is 19.4. The van der Waals surface area contributed by atoms with E-state index in [-0.39, 0.29) is 11.3 Å². The predicted molar refractivity (Wildman–Crippen MR) is 112 cm³/mol. The van der Waals surface area contributed by atoms with Crippen LogP contribution in [0.25, 0.3) is 0 Å². The minimum absolute atomic E-state index is 0.0456. The number of hydrogen-bond donors (Lipinski definition) is 2. The van der Waals surface area contributed by atoms with Crippen LogP contribution in [-0.2, 0) is 11.0 Å². The van der Waals surface area contributed by atoms with Crippen LogP contribution in [0.5, 0.6) is 0 Å². The molecular formula is C22H23F3N4O. The van der Waals surface area contributed by atoms with E-state index in [9.17, 15) is 23.2 Å². The van der Waals surface area contributed by atoms with Crippen molar-refractivity contribution < 1.29 is 18.0 Å². The maximum Gasteiger partial charge on any atom is 0.416 e. The minimum Gasteiger partial charge on any atom is -0.372 e. The summed E-state index contributed by atoms with van der Waals surface area (Å²) in [5.41, 5.74) is 1.51. The van der Waals surface area contributed by atoms with Gasteiger partial charge >= 0.3 is 6.18 Å². The zero-order chi connectivity index (χ0) is 22.3. The number of nitrogens with one attached hydrogen (secondary N) is 2. The maximum absolute atomic E-state index is 12.8. The molecule has 30 heavy (non-hydrogen) atoms. The second kappa shape index (κ2) is 9.83. The van der Waals surface area contributed by atoms with E-state index in [1.54, 1.807) is 6.07 Å². The normalized spacial score (nSPS) is 11.6. The first-order chi connectivity index (χ1) is 14.2. The molecule has 0 heterocycles. The number of anilines is 3. The van der Waals surface area contributed by atoms with Gasteiger partial charge in [0.1, 0.15) is 11.6 Å². The van der Waals surface area contributed by atoms with Crippen LogP contribution >= 0.6 is 0 Å². The van der Waals surface area contributed by atoms with E-state index in [4.69, 9.17) is 0 Å². The summed E-state index contributed by atoms with van der Waals surface area (Å²) in [5.74, 6) is -0.804. The molecule has 1 amide bonds. The van der Waals surface area contributed by atoms with Gasteiger partial charge in [-0.3, -0.25) is 4.79 Å². The molecule has 5 nitrogen and oxygen atoms in total. The van der Waals surface area contributed by atoms with Crippen molar-refractivity contribution in [3.63, 3.8) is 0 Å². The summed E-state index contributed by atoms with van der Waals surface area (Å²) in [6.07, 6.45) is -3.28. The highest BCUT2D eigenvalue weighted by molar-refractivity contribution is 6.06. The number of amides is 1. The summed E-state index contributed by atoms with van der Waals surface area (Å²) in [5, 5.41) is 14.5. The number of hydrogen-bond acceptors (Lipinski definition) is 4. The number of alkyl halides is 3. The van der Waals surface area contributed by atoms with E-state index in [1.807, 2.05) is 25.1 Å². The molecule has 0 aliphatic carbocycles. The SMILES string of the molecule is CCN(CC)c1ccc(N/C=C(/C#N)C(=O)Nc2cccc(C(F)(F)F)c2)c(C)c1. The van der Waals surface area contributed by atoms with Crippen LogP contribution in [0.15, 0.2) is 54.2 Å². The molecule has 0 saturated heterocycles. The Morgan fingerprint density at radius 2 is 1.87 bits per heavy atom. The lowest BCUT2D eigenvalue weighted by Gasteiger charge is -2.22. The molecule has 0 fully saturated rings. The van der Waals surface area contributed by atoms with Gasteiger partial charge in [0.05, 0.1) is 5.56 Å². The van der Waals surface area contributed by atoms with Gasteiger partial charge in [-0.1, -0.05) is 6.07 Å². The third kappa shape index (κ3) is 5.77. The van der Waals surface area contributed by atoms with Gasteiger partial charge < -0.3 is 15.5 Å². The predicted octanol–water partition coefficient (Wildman–Crippen LogP) is 5.32. The van der Waals surface area contributed by atoms with Crippen LogP contribution in [0.2, 0.25) is 0 Å². The van der Waals surface area contributed by atoms with Crippen molar-refractivity contribution in [2.45, 2.75) is 26.9 Å². The first-order valence-electron chi connectivity index (χ1n) is 9.40. The molecule has 158 valence electrons. The van der Waals surface area contributed by atoms with Gasteiger partial charge in [-0.15, -0.1) is 0 Å². The number of carbonyl (C=O) groups is 1. The summed E-state index contributed by atoms with van der Waals surface area (Å²) in [7, 11) is 0. The monoisotopic (exact) mass is 416 g/mol. The highest BCUT2D eigenvalue weighted by Gasteiger charge is 2.30. The molecule has 0 saturated carbocycles. The molecule has 2 N–H and O–H groups in total. The topological polar surface area (TPSA) is 68.2 Å². The van der Waals surface area contributed by atoms with Crippen LogP contribution < -0.4 is 15.5 Å². The van der Waals surface area contributed by atoms with Gasteiger partial charge in [0.15, 0.2) is 0 Å². The number of aryl methyl sites for hydroxylation is 1. The molecule has 8 heteroatoms. The molecule has 2 aromatic carbocycles. The van der Waals surface area contributed by atoms with E-state index >= 15 is 0 Å². The average molecular weight is 416 g/mol. The van der Waals surface area contributed by atoms with E-state index in [2.05, 4.69) is 29.4 Å². The van der Waals surface area contributed by atoms with Crippen molar-refractivity contribution >= 4 is 23.0 Å². The molecule has 0 unspecified atom stereocenters. The fraction of sp³-hybridized carbons (Fsp3) is 0.273. The standard InChI is InChI=1S/C22H23F3N4O/c1-4-29(5-2)19-9-10-20(15(3)11-19)27-14-16(13-26)21(30)28-18-8-6-7-17(12-18)22(23,24)25/h6-12,14,27H,4-5H2,1-3H3,(H,28,30)/b16-14-. The van der Waals surface area contributed by atoms with Gasteiger partial charge in [0.2, 0.25) is 0 Å². The molecule has 0 aliphatic heterocycles. The van der Waals surface area contributed by atoms with Gasteiger partial charge in [-0.25, -0.2) is 0 Å². The number of nitriles is 1. The highest BCUT2D eigenvalue weighted by Crippen LogP contribution is 2.30. The van der Waals surface area contributed by atoms with E-state index in [1.165, 1.54) is 18.3 Å². The van der Waals surface area contributed by atoms with Gasteiger partial charge in [0, 0.05) is 36.4 Å². The Morgan fingerprint density at radius 1 is 1.17 bits per heavy atom. The van der Waals surface area contributed by atoms with Gasteiger partial charge in [-0.05, 0) is 62.7 Å². The molecule has 0 atom stereocenters. The van der Waals surface area contributed by atoms with Gasteiger partial charge in [0.25, 0.3) is 5.91 Å². The summed E-state index contributed by atoms with van der Waals surface area (Å²) >= 11 is 0. The largest absolute Gasteiger partial charge is 0.416 e. The van der Waals surface area contributed by atoms with Crippen molar-refractivity contribution in [1.82, 2.24) is 0 Å². The van der Waals surface area contributed by atoms with Crippen molar-refractivity contribution in [2.24, 2.45) is 0 Å². The lowest BCUT2D eigenvalue weighted by molar-refractivity contribution is -0.137. The van der Waals surface area contributed by atoms with Crippen molar-refractivity contribution in [3.05, 3.63) is 65.4 Å². The number of carbonyl (C=O) groups excluding carboxylic acids is 1. The summed E-state index contributed by atoms with van der Waals surface area (Å²) in [6.45, 7) is 7.78. The average Bonchev–Trinajstić information content (AvgIpc) is 2.70. The Bertz CT molecular complexity index is 973. The third-order valence-corrected chi connectivity index (χ3v) is 4.52. The second-order valence-corrected chi connectivity index (χ2v) is 6.52. The van der Waals surface area contributed by atoms with E-state index < -0.39 is 17.6 Å². The van der Waals surface area contributed by atoms with Crippen LogP contribution in [0.1, 0.15) is 25.0 Å². The molecule has 0 radical (unpaired) electrons. The van der Waals surface area contributed by atoms with Crippen molar-refractivity contribution in [3.8, 4) is 6.07 Å². The number of nitrogens with zero attached hydrogens (tertiary/aromatic N) is 2. The molecular weight excluding hydrogens is 393 g/mol. The lowest BCUT2D eigenvalue weighted by Crippen LogP contribution is -2.21. The second-order valence-electron chi connectivity index (χ2n) is 6.52. The summed E-state index contributed by atoms with van der Waals surface area (Å²) in [4.78, 5) is 14.5. The first kappa shape index (κ1) is 22.8. The molecule has 2 aromatic rings. The first-order valence-corrected chi connectivity index (χ1v) is 9.40. The number of rotatable bonds is 7. The fourth-order valence-corrected chi connectivity index (χ4v) is 2.87. The Labute approximate surface area is 173 Å². The maximum atomic E-state index is 12.8. The van der Waals surface area contributed by atoms with Crippen molar-refractivity contribution in [2.75, 3.05) is 28.6 Å².